The minimum atomic E-state index is -0.372. The van der Waals surface area contributed by atoms with Crippen LogP contribution in [-0.4, -0.2) is 6.03 Å². The Labute approximate surface area is 116 Å². The lowest BCUT2D eigenvalue weighted by Gasteiger charge is -2.06. The molecule has 0 bridgehead atoms. The highest BCUT2D eigenvalue weighted by Crippen LogP contribution is 2.09. The summed E-state index contributed by atoms with van der Waals surface area (Å²) in [6.45, 7) is 0. The van der Waals surface area contributed by atoms with Crippen molar-refractivity contribution in [3.63, 3.8) is 0 Å². The molecule has 0 aliphatic carbocycles. The molecule has 0 fully saturated rings. The monoisotopic (exact) mass is 272 g/mol. The Morgan fingerprint density at radius 3 is 2.16 bits per heavy atom. The first-order chi connectivity index (χ1) is 9.24. The lowest BCUT2D eigenvalue weighted by Crippen LogP contribution is -2.26. The van der Waals surface area contributed by atoms with Crippen LogP contribution in [0, 0.1) is 0 Å². The molecule has 3 nitrogen and oxygen atoms in total. The van der Waals surface area contributed by atoms with E-state index in [0.29, 0.717) is 5.69 Å². The maximum Gasteiger partial charge on any atom is 0.324 e. The molecule has 0 spiro atoms. The molecule has 2 aromatic carbocycles. The molecule has 96 valence electrons. The van der Waals surface area contributed by atoms with Crippen LogP contribution in [0.4, 0.5) is 10.5 Å². The van der Waals surface area contributed by atoms with Gasteiger partial charge < -0.3 is 5.32 Å². The molecule has 2 N–H and O–H groups in total. The lowest BCUT2D eigenvalue weighted by molar-refractivity contribution is 0.255. The van der Waals surface area contributed by atoms with Crippen LogP contribution in [0.3, 0.4) is 0 Å². The Kier molecular flexibility index (Phi) is 4.59. The molecule has 2 amide bonds. The third kappa shape index (κ3) is 4.48. The molecule has 2 rings (SSSR count). The van der Waals surface area contributed by atoms with Crippen LogP contribution in [0.25, 0.3) is 6.08 Å². The first kappa shape index (κ1) is 13.2. The van der Waals surface area contributed by atoms with Crippen molar-refractivity contribution >= 4 is 29.4 Å². The molecule has 4 heteroatoms. The van der Waals surface area contributed by atoms with Crippen molar-refractivity contribution in [2.45, 2.75) is 0 Å². The van der Waals surface area contributed by atoms with Gasteiger partial charge in [-0.25, -0.2) is 4.79 Å². The van der Waals surface area contributed by atoms with E-state index in [9.17, 15) is 4.79 Å². The maximum absolute atomic E-state index is 11.7. The molecular formula is C15H13ClN2O. The quantitative estimate of drug-likeness (QED) is 0.813. The number of carbonyl (C=O) groups excluding carboxylic acids is 1. The van der Waals surface area contributed by atoms with Gasteiger partial charge in [-0.05, 0) is 23.8 Å². The fourth-order valence-corrected chi connectivity index (χ4v) is 1.74. The normalized spacial score (nSPS) is 10.9. The summed E-state index contributed by atoms with van der Waals surface area (Å²) in [6.07, 6.45) is 1.69. The molecule has 0 aliphatic heterocycles. The zero-order chi connectivity index (χ0) is 13.5. The molecule has 0 saturated carbocycles. The Morgan fingerprint density at radius 2 is 1.53 bits per heavy atom. The van der Waals surface area contributed by atoms with Crippen LogP contribution in [0.5, 0.6) is 0 Å². The van der Waals surface area contributed by atoms with E-state index in [0.717, 1.165) is 5.56 Å². The van der Waals surface area contributed by atoms with Gasteiger partial charge >= 0.3 is 6.03 Å². The minimum absolute atomic E-state index is 0.264. The van der Waals surface area contributed by atoms with Gasteiger partial charge in [0.05, 0.1) is 0 Å². The second kappa shape index (κ2) is 6.61. The van der Waals surface area contributed by atoms with E-state index in [1.807, 2.05) is 48.5 Å². The molecule has 0 unspecified atom stereocenters. The summed E-state index contributed by atoms with van der Waals surface area (Å²) in [7, 11) is 0. The summed E-state index contributed by atoms with van der Waals surface area (Å²) in [6, 6.07) is 18.3. The Bertz CT molecular complexity index is 567. The van der Waals surface area contributed by atoms with E-state index in [1.165, 1.54) is 0 Å². The smallest absolute Gasteiger partial charge is 0.308 e. The average Bonchev–Trinajstić information content (AvgIpc) is 2.40. The highest BCUT2D eigenvalue weighted by atomic mass is 35.5. The first-order valence-corrected chi connectivity index (χ1v) is 6.17. The van der Waals surface area contributed by atoms with Crippen LogP contribution >= 0.6 is 11.6 Å². The fraction of sp³-hybridized carbons (Fsp3) is 0. The summed E-state index contributed by atoms with van der Waals surface area (Å²) in [5.74, 6) is 0. The molecule has 0 aliphatic rings. The second-order valence-electron chi connectivity index (χ2n) is 3.85. The van der Waals surface area contributed by atoms with Crippen LogP contribution in [0.2, 0.25) is 0 Å². The molecule has 0 atom stereocenters. The molecule has 19 heavy (non-hydrogen) atoms. The van der Waals surface area contributed by atoms with E-state index in [-0.39, 0.29) is 11.2 Å². The number of nitrogens with one attached hydrogen (secondary N) is 2. The molecule has 2 aromatic rings. The molecular weight excluding hydrogens is 260 g/mol. The number of halogens is 1. The topological polar surface area (TPSA) is 41.1 Å². The number of para-hydroxylation sites is 1. The van der Waals surface area contributed by atoms with E-state index < -0.39 is 0 Å². The summed E-state index contributed by atoms with van der Waals surface area (Å²) in [5, 5.41) is 5.50. The van der Waals surface area contributed by atoms with Gasteiger partial charge in [0.25, 0.3) is 0 Å². The highest BCUT2D eigenvalue weighted by molar-refractivity contribution is 6.32. The number of benzene rings is 2. The average molecular weight is 273 g/mol. The van der Waals surface area contributed by atoms with Gasteiger partial charge in [-0.2, -0.15) is 0 Å². The van der Waals surface area contributed by atoms with Crippen LogP contribution < -0.4 is 10.6 Å². The Morgan fingerprint density at radius 1 is 0.947 bits per heavy atom. The Balaban J connectivity index is 1.94. The van der Waals surface area contributed by atoms with Crippen LogP contribution in [0.15, 0.2) is 65.8 Å². The number of hydrogen-bond acceptors (Lipinski definition) is 1. The zero-order valence-electron chi connectivity index (χ0n) is 10.1. The molecule has 0 radical (unpaired) electrons. The number of anilines is 1. The predicted molar refractivity (Wildman–Crippen MR) is 78.9 cm³/mol. The summed E-state index contributed by atoms with van der Waals surface area (Å²) >= 11 is 5.97. The molecule has 0 heterocycles. The predicted octanol–water partition coefficient (Wildman–Crippen LogP) is 4.05. The summed E-state index contributed by atoms with van der Waals surface area (Å²) in [5.41, 5.74) is 1.64. The Hall–Kier alpha value is -2.26. The summed E-state index contributed by atoms with van der Waals surface area (Å²) < 4.78 is 0. The largest absolute Gasteiger partial charge is 0.324 e. The van der Waals surface area contributed by atoms with Gasteiger partial charge in [0.15, 0.2) is 0 Å². The van der Waals surface area contributed by atoms with E-state index in [1.54, 1.807) is 18.2 Å². The molecule has 0 saturated heterocycles. The third-order valence-electron chi connectivity index (χ3n) is 2.36. The number of urea groups is 1. The van der Waals surface area contributed by atoms with Crippen molar-refractivity contribution in [2.75, 3.05) is 5.32 Å². The van der Waals surface area contributed by atoms with Gasteiger partial charge in [0.1, 0.15) is 5.16 Å². The summed E-state index contributed by atoms with van der Waals surface area (Å²) in [4.78, 5) is 11.7. The first-order valence-electron chi connectivity index (χ1n) is 5.79. The third-order valence-corrected chi connectivity index (χ3v) is 2.56. The maximum atomic E-state index is 11.7. The zero-order valence-corrected chi connectivity index (χ0v) is 10.9. The minimum Gasteiger partial charge on any atom is -0.308 e. The van der Waals surface area contributed by atoms with Gasteiger partial charge in [0.2, 0.25) is 0 Å². The number of carbonyl (C=O) groups is 1. The van der Waals surface area contributed by atoms with Gasteiger partial charge in [0, 0.05) is 5.69 Å². The lowest BCUT2D eigenvalue weighted by atomic mass is 10.2. The number of rotatable bonds is 3. The SMILES string of the molecule is O=C(N/C(Cl)=C/c1ccccc1)Nc1ccccc1. The van der Waals surface area contributed by atoms with Gasteiger partial charge in [-0.15, -0.1) is 0 Å². The van der Waals surface area contributed by atoms with Crippen molar-refractivity contribution in [3.8, 4) is 0 Å². The highest BCUT2D eigenvalue weighted by Gasteiger charge is 2.02. The van der Waals surface area contributed by atoms with E-state index >= 15 is 0 Å². The van der Waals surface area contributed by atoms with Crippen molar-refractivity contribution in [2.24, 2.45) is 0 Å². The van der Waals surface area contributed by atoms with Crippen molar-refractivity contribution in [3.05, 3.63) is 71.4 Å². The standard InChI is InChI=1S/C15H13ClN2O/c16-14(11-12-7-3-1-4-8-12)18-15(19)17-13-9-5-2-6-10-13/h1-11H,(H2,17,18,19)/b14-11+. The number of amides is 2. The van der Waals surface area contributed by atoms with Crippen LogP contribution in [-0.2, 0) is 0 Å². The second-order valence-corrected chi connectivity index (χ2v) is 4.26. The number of hydrogen-bond donors (Lipinski definition) is 2. The van der Waals surface area contributed by atoms with Gasteiger partial charge in [-0.3, -0.25) is 5.32 Å². The van der Waals surface area contributed by atoms with Gasteiger partial charge in [-0.1, -0.05) is 60.1 Å². The van der Waals surface area contributed by atoms with E-state index in [2.05, 4.69) is 10.6 Å². The fourth-order valence-electron chi connectivity index (χ4n) is 1.52. The van der Waals surface area contributed by atoms with Crippen LogP contribution in [0.1, 0.15) is 5.56 Å². The van der Waals surface area contributed by atoms with Crippen molar-refractivity contribution in [1.29, 1.82) is 0 Å². The molecule has 0 aromatic heterocycles. The van der Waals surface area contributed by atoms with E-state index in [4.69, 9.17) is 11.6 Å². The van der Waals surface area contributed by atoms with Crippen molar-refractivity contribution < 1.29 is 4.79 Å². The van der Waals surface area contributed by atoms with Crippen molar-refractivity contribution in [1.82, 2.24) is 5.32 Å².